The SMILES string of the molecule is Cc1c(-c2ccc3c4cc5c(-c6cc(C(C)(C)C)cc(C(C)(C)C)c6)c6c7cccc8cccc(c6c(-c6cc(C(C)(C)C)cc(C(C)(C)C)c6)c5cc4c4cccc2c43)c87)c(-c2ccccc2)c2ccccc2c1-c1ccccc1. The van der Waals surface area contributed by atoms with Gasteiger partial charge in [-0.15, -0.1) is 0 Å². The molecule has 0 heteroatoms. The van der Waals surface area contributed by atoms with Gasteiger partial charge in [-0.05, 0) is 210 Å². The molecule has 0 aliphatic rings. The van der Waals surface area contributed by atoms with E-state index in [2.05, 4.69) is 290 Å². The van der Waals surface area contributed by atoms with Gasteiger partial charge in [-0.25, -0.2) is 0 Å². The molecule has 0 nitrogen and oxygen atoms in total. The van der Waals surface area contributed by atoms with Crippen LogP contribution < -0.4 is 0 Å². The van der Waals surface area contributed by atoms with E-state index in [0.29, 0.717) is 0 Å². The van der Waals surface area contributed by atoms with Crippen LogP contribution in [0.25, 0.3) is 142 Å². The molecule has 14 rings (SSSR count). The third-order valence-corrected chi connectivity index (χ3v) is 18.3. The summed E-state index contributed by atoms with van der Waals surface area (Å²) in [7, 11) is 0. The second-order valence-corrected chi connectivity index (χ2v) is 27.7. The van der Waals surface area contributed by atoms with Crippen molar-refractivity contribution in [2.75, 3.05) is 0 Å². The summed E-state index contributed by atoms with van der Waals surface area (Å²) in [5, 5.41) is 20.9. The number of fused-ring (bicyclic) bond motifs is 8. The zero-order chi connectivity index (χ0) is 56.2. The summed E-state index contributed by atoms with van der Waals surface area (Å²) in [4.78, 5) is 0. The lowest BCUT2D eigenvalue weighted by Gasteiger charge is -2.28. The molecule has 0 spiro atoms. The summed E-state index contributed by atoms with van der Waals surface area (Å²) in [6.45, 7) is 30.9. The van der Waals surface area contributed by atoms with Gasteiger partial charge in [0.1, 0.15) is 0 Å². The van der Waals surface area contributed by atoms with Crippen LogP contribution in [-0.4, -0.2) is 0 Å². The maximum Gasteiger partial charge on any atom is -0.000741 e. The zero-order valence-corrected chi connectivity index (χ0v) is 49.6. The molecule has 0 unspecified atom stereocenters. The van der Waals surface area contributed by atoms with Crippen molar-refractivity contribution >= 4 is 86.2 Å². The molecule has 14 aromatic rings. The predicted octanol–water partition coefficient (Wildman–Crippen LogP) is 23.6. The van der Waals surface area contributed by atoms with Gasteiger partial charge in [0.15, 0.2) is 0 Å². The number of hydrogen-bond donors (Lipinski definition) is 0. The summed E-state index contributed by atoms with van der Waals surface area (Å²) in [5.74, 6) is 0. The highest BCUT2D eigenvalue weighted by Crippen LogP contribution is 2.56. The third-order valence-electron chi connectivity index (χ3n) is 18.3. The lowest BCUT2D eigenvalue weighted by Crippen LogP contribution is -2.16. The van der Waals surface area contributed by atoms with Gasteiger partial charge in [0.05, 0.1) is 0 Å². The van der Waals surface area contributed by atoms with E-state index in [9.17, 15) is 0 Å². The summed E-state index contributed by atoms with van der Waals surface area (Å²) in [6.07, 6.45) is 0. The quantitative estimate of drug-likeness (QED) is 0.161. The maximum atomic E-state index is 2.63. The van der Waals surface area contributed by atoms with Crippen LogP contribution in [0.1, 0.15) is 111 Å². The molecule has 0 aliphatic carbocycles. The van der Waals surface area contributed by atoms with Crippen molar-refractivity contribution in [1.29, 1.82) is 0 Å². The molecule has 0 amide bonds. The fourth-order valence-corrected chi connectivity index (χ4v) is 14.0. The second-order valence-electron chi connectivity index (χ2n) is 27.7. The molecule has 0 N–H and O–H groups in total. The molecule has 0 fully saturated rings. The molecule has 0 bridgehead atoms. The van der Waals surface area contributed by atoms with E-state index in [1.807, 2.05) is 0 Å². The largest absolute Gasteiger partial charge is 0.0622 e. The minimum absolute atomic E-state index is 0.0729. The van der Waals surface area contributed by atoms with Crippen molar-refractivity contribution in [3.05, 3.63) is 228 Å². The Morgan fingerprint density at radius 2 is 0.605 bits per heavy atom. The van der Waals surface area contributed by atoms with Crippen LogP contribution in [0.4, 0.5) is 0 Å². The Morgan fingerprint density at radius 3 is 1.07 bits per heavy atom. The Bertz CT molecular complexity index is 4620. The predicted molar refractivity (Wildman–Crippen MR) is 356 cm³/mol. The molecule has 396 valence electrons. The van der Waals surface area contributed by atoms with Crippen molar-refractivity contribution in [2.45, 2.75) is 112 Å². The van der Waals surface area contributed by atoms with Crippen molar-refractivity contribution in [3.63, 3.8) is 0 Å². The van der Waals surface area contributed by atoms with E-state index in [4.69, 9.17) is 0 Å². The molecule has 0 aromatic heterocycles. The maximum absolute atomic E-state index is 2.63. The van der Waals surface area contributed by atoms with Gasteiger partial charge in [-0.1, -0.05) is 271 Å². The van der Waals surface area contributed by atoms with Gasteiger partial charge in [0.25, 0.3) is 0 Å². The standard InChI is InChI=1S/C81H72/c1-47-69(48-25-16-14-17-26-48)57-31-20-21-32-58(57)72(50-27-18-15-19-28-50)70(47)61-37-38-62-66-46-68-67(45-65(66)60-34-24-33-59(61)75(60)62)73(51-39-53(78(2,3)4)43-54(40-51)79(5,6)7)76-63-35-22-29-49-30-23-36-64(71(49)63)77(76)74(68)52-41-55(80(8,9)10)44-56(42-52)81(11,12)13/h14-46H,1-13H3. The number of rotatable bonds is 5. The van der Waals surface area contributed by atoms with Crippen LogP contribution in [0.2, 0.25) is 0 Å². The second kappa shape index (κ2) is 17.8. The van der Waals surface area contributed by atoms with Crippen LogP contribution in [0.5, 0.6) is 0 Å². The van der Waals surface area contributed by atoms with Gasteiger partial charge in [0.2, 0.25) is 0 Å². The Balaban J connectivity index is 1.19. The first-order valence-electron chi connectivity index (χ1n) is 29.4. The molecule has 0 aliphatic heterocycles. The fraction of sp³-hybridized carbons (Fsp3) is 0.210. The summed E-state index contributed by atoms with van der Waals surface area (Å²) < 4.78 is 0. The van der Waals surface area contributed by atoms with E-state index >= 15 is 0 Å². The molecule has 0 heterocycles. The van der Waals surface area contributed by atoms with Gasteiger partial charge in [-0.3, -0.25) is 0 Å². The summed E-state index contributed by atoms with van der Waals surface area (Å²) in [5.41, 5.74) is 19.2. The first-order valence-corrected chi connectivity index (χ1v) is 29.4. The van der Waals surface area contributed by atoms with E-state index in [1.165, 1.54) is 170 Å². The van der Waals surface area contributed by atoms with E-state index in [0.717, 1.165) is 0 Å². The van der Waals surface area contributed by atoms with Crippen LogP contribution in [-0.2, 0) is 21.7 Å². The molecule has 0 saturated heterocycles. The lowest BCUT2D eigenvalue weighted by molar-refractivity contribution is 0.568. The summed E-state index contributed by atoms with van der Waals surface area (Å²) >= 11 is 0. The van der Waals surface area contributed by atoms with E-state index in [1.54, 1.807) is 0 Å². The summed E-state index contributed by atoms with van der Waals surface area (Å²) in [6, 6.07) is 77.7. The van der Waals surface area contributed by atoms with Crippen molar-refractivity contribution < 1.29 is 0 Å². The minimum Gasteiger partial charge on any atom is -0.0622 e. The van der Waals surface area contributed by atoms with Crippen LogP contribution >= 0.6 is 0 Å². The highest BCUT2D eigenvalue weighted by atomic mass is 14.3. The van der Waals surface area contributed by atoms with E-state index < -0.39 is 0 Å². The fourth-order valence-electron chi connectivity index (χ4n) is 14.0. The van der Waals surface area contributed by atoms with Gasteiger partial charge in [0, 0.05) is 0 Å². The monoisotopic (exact) mass is 1040 g/mol. The Kier molecular flexibility index (Phi) is 11.2. The molecular weight excluding hydrogens is 973 g/mol. The average Bonchev–Trinajstić information content (AvgIpc) is 3.03. The average molecular weight is 1050 g/mol. The first-order chi connectivity index (χ1) is 38.6. The smallest absolute Gasteiger partial charge is 0.000741 e. The molecule has 0 saturated carbocycles. The first kappa shape index (κ1) is 50.9. The normalized spacial score (nSPS) is 13.0. The molecule has 14 aromatic carbocycles. The molecule has 0 radical (unpaired) electrons. The van der Waals surface area contributed by atoms with Crippen LogP contribution in [0, 0.1) is 6.92 Å². The highest BCUT2D eigenvalue weighted by Gasteiger charge is 2.31. The highest BCUT2D eigenvalue weighted by molar-refractivity contribution is 6.42. The Hall–Kier alpha value is -8.32. The van der Waals surface area contributed by atoms with Crippen molar-refractivity contribution in [2.24, 2.45) is 0 Å². The van der Waals surface area contributed by atoms with E-state index in [-0.39, 0.29) is 21.7 Å². The molecular formula is C81H72. The van der Waals surface area contributed by atoms with Crippen molar-refractivity contribution in [3.8, 4) is 55.6 Å². The third kappa shape index (κ3) is 7.92. The zero-order valence-electron chi connectivity index (χ0n) is 49.6. The van der Waals surface area contributed by atoms with Crippen LogP contribution in [0.3, 0.4) is 0 Å². The Labute approximate surface area is 478 Å². The number of hydrogen-bond acceptors (Lipinski definition) is 0. The van der Waals surface area contributed by atoms with Gasteiger partial charge < -0.3 is 0 Å². The van der Waals surface area contributed by atoms with Gasteiger partial charge >= 0.3 is 0 Å². The lowest BCUT2D eigenvalue weighted by atomic mass is 9.76. The topological polar surface area (TPSA) is 0 Å². The number of benzene rings is 12. The Morgan fingerprint density at radius 1 is 0.222 bits per heavy atom. The van der Waals surface area contributed by atoms with Crippen molar-refractivity contribution in [1.82, 2.24) is 0 Å². The minimum atomic E-state index is -0.0729. The molecule has 0 atom stereocenters. The molecule has 81 heavy (non-hydrogen) atoms. The van der Waals surface area contributed by atoms with Gasteiger partial charge in [-0.2, -0.15) is 0 Å². The van der Waals surface area contributed by atoms with Crippen LogP contribution in [0.15, 0.2) is 200 Å².